The predicted molar refractivity (Wildman–Crippen MR) is 84.1 cm³/mol. The Kier molecular flexibility index (Phi) is 6.46. The highest BCUT2D eigenvalue weighted by Gasteiger charge is 2.31. The molecule has 0 bridgehead atoms. The molecule has 0 radical (unpaired) electrons. The largest absolute Gasteiger partial charge is 0.374 e. The van der Waals surface area contributed by atoms with Crippen LogP contribution >= 0.6 is 11.8 Å². The van der Waals surface area contributed by atoms with Crippen LogP contribution in [0.3, 0.4) is 0 Å². The minimum absolute atomic E-state index is 0.385. The van der Waals surface area contributed by atoms with Crippen LogP contribution in [0, 0.1) is 0 Å². The summed E-state index contributed by atoms with van der Waals surface area (Å²) in [5, 5.41) is 3.69. The number of ether oxygens (including phenoxy) is 1. The molecule has 0 spiro atoms. The third kappa shape index (κ3) is 4.62. The lowest BCUT2D eigenvalue weighted by Gasteiger charge is -2.37. The van der Waals surface area contributed by atoms with Crippen molar-refractivity contribution in [3.05, 3.63) is 0 Å². The first kappa shape index (κ1) is 15.6. The van der Waals surface area contributed by atoms with Crippen molar-refractivity contribution in [2.75, 3.05) is 45.6 Å². The summed E-state index contributed by atoms with van der Waals surface area (Å²) in [6.07, 6.45) is 9.68. The van der Waals surface area contributed by atoms with Gasteiger partial charge in [-0.2, -0.15) is 11.8 Å². The SMILES string of the molecule is CCN1CCOC(CNCC2(SC)CCCCC2)C1. The summed E-state index contributed by atoms with van der Waals surface area (Å²) in [7, 11) is 0. The van der Waals surface area contributed by atoms with E-state index in [1.807, 2.05) is 0 Å². The van der Waals surface area contributed by atoms with Crippen LogP contribution in [0.1, 0.15) is 39.0 Å². The Hall–Kier alpha value is 0.230. The van der Waals surface area contributed by atoms with Crippen LogP contribution in [0.25, 0.3) is 0 Å². The molecule has 4 heteroatoms. The molecule has 1 unspecified atom stereocenters. The van der Waals surface area contributed by atoms with Crippen molar-refractivity contribution < 1.29 is 4.74 Å². The van der Waals surface area contributed by atoms with Crippen LogP contribution in [0.15, 0.2) is 0 Å². The quantitative estimate of drug-likeness (QED) is 0.810. The Morgan fingerprint density at radius 1 is 1.32 bits per heavy atom. The fraction of sp³-hybridized carbons (Fsp3) is 1.00. The highest BCUT2D eigenvalue weighted by atomic mass is 32.2. The van der Waals surface area contributed by atoms with E-state index in [1.54, 1.807) is 0 Å². The molecule has 112 valence electrons. The maximum Gasteiger partial charge on any atom is 0.0826 e. The number of rotatable bonds is 6. The molecular weight excluding hydrogens is 256 g/mol. The number of nitrogens with zero attached hydrogens (tertiary/aromatic N) is 1. The van der Waals surface area contributed by atoms with Gasteiger partial charge in [-0.05, 0) is 25.6 Å². The van der Waals surface area contributed by atoms with Gasteiger partial charge in [-0.25, -0.2) is 0 Å². The van der Waals surface area contributed by atoms with Gasteiger partial charge in [0.2, 0.25) is 0 Å². The Balaban J connectivity index is 1.70. The Bertz CT molecular complexity index is 257. The van der Waals surface area contributed by atoms with E-state index in [0.29, 0.717) is 10.9 Å². The van der Waals surface area contributed by atoms with Gasteiger partial charge in [0.25, 0.3) is 0 Å². The van der Waals surface area contributed by atoms with E-state index < -0.39 is 0 Å². The zero-order valence-corrected chi connectivity index (χ0v) is 13.4. The van der Waals surface area contributed by atoms with Crippen LogP contribution in [0.2, 0.25) is 0 Å². The van der Waals surface area contributed by atoms with Gasteiger partial charge in [0.1, 0.15) is 0 Å². The molecule has 1 aliphatic carbocycles. The van der Waals surface area contributed by atoms with E-state index in [1.165, 1.54) is 32.1 Å². The van der Waals surface area contributed by atoms with E-state index >= 15 is 0 Å². The molecule has 0 amide bonds. The molecule has 1 aliphatic heterocycles. The predicted octanol–water partition coefficient (Wildman–Crippen LogP) is 2.36. The van der Waals surface area contributed by atoms with E-state index in [2.05, 4.69) is 35.2 Å². The number of thioether (sulfide) groups is 1. The summed E-state index contributed by atoms with van der Waals surface area (Å²) in [6, 6.07) is 0. The molecule has 1 heterocycles. The normalized spacial score (nSPS) is 28.4. The monoisotopic (exact) mass is 286 g/mol. The first-order valence-corrected chi connectivity index (χ1v) is 9.10. The summed E-state index contributed by atoms with van der Waals surface area (Å²) in [6.45, 7) is 8.64. The molecule has 2 fully saturated rings. The smallest absolute Gasteiger partial charge is 0.0826 e. The molecule has 1 N–H and O–H groups in total. The van der Waals surface area contributed by atoms with Gasteiger partial charge in [0, 0.05) is 30.9 Å². The topological polar surface area (TPSA) is 24.5 Å². The summed E-state index contributed by atoms with van der Waals surface area (Å²) >= 11 is 2.07. The number of morpholine rings is 1. The number of nitrogens with one attached hydrogen (secondary N) is 1. The van der Waals surface area contributed by atoms with Crippen LogP contribution in [-0.4, -0.2) is 61.3 Å². The van der Waals surface area contributed by atoms with Crippen molar-refractivity contribution in [1.82, 2.24) is 10.2 Å². The average molecular weight is 286 g/mol. The van der Waals surface area contributed by atoms with Gasteiger partial charge in [0.15, 0.2) is 0 Å². The maximum absolute atomic E-state index is 5.86. The second kappa shape index (κ2) is 7.87. The molecule has 0 aromatic carbocycles. The van der Waals surface area contributed by atoms with E-state index in [0.717, 1.165) is 39.3 Å². The van der Waals surface area contributed by atoms with Crippen molar-refractivity contribution in [3.8, 4) is 0 Å². The zero-order chi connectivity index (χ0) is 13.6. The van der Waals surface area contributed by atoms with Crippen molar-refractivity contribution in [1.29, 1.82) is 0 Å². The molecule has 3 nitrogen and oxygen atoms in total. The van der Waals surface area contributed by atoms with Gasteiger partial charge in [-0.3, -0.25) is 4.90 Å². The van der Waals surface area contributed by atoms with E-state index in [4.69, 9.17) is 4.74 Å². The molecule has 0 aromatic rings. The van der Waals surface area contributed by atoms with Crippen LogP contribution < -0.4 is 5.32 Å². The molecule has 1 atom stereocenters. The van der Waals surface area contributed by atoms with Crippen LogP contribution in [0.4, 0.5) is 0 Å². The number of likely N-dealkylation sites (N-methyl/N-ethyl adjacent to an activating group) is 1. The Labute approximate surface area is 122 Å². The molecule has 2 rings (SSSR count). The Morgan fingerprint density at radius 3 is 2.79 bits per heavy atom. The van der Waals surface area contributed by atoms with Crippen molar-refractivity contribution in [3.63, 3.8) is 0 Å². The standard InChI is InChI=1S/C15H30N2OS/c1-3-17-9-10-18-14(12-17)11-16-13-15(19-2)7-5-4-6-8-15/h14,16H,3-13H2,1-2H3. The summed E-state index contributed by atoms with van der Waals surface area (Å²) in [5.74, 6) is 0. The van der Waals surface area contributed by atoms with Crippen molar-refractivity contribution in [2.24, 2.45) is 0 Å². The minimum atomic E-state index is 0.385. The average Bonchev–Trinajstić information content (AvgIpc) is 2.48. The highest BCUT2D eigenvalue weighted by Crippen LogP contribution is 2.37. The number of hydrogen-bond acceptors (Lipinski definition) is 4. The third-order valence-electron chi connectivity index (χ3n) is 4.69. The zero-order valence-electron chi connectivity index (χ0n) is 12.6. The summed E-state index contributed by atoms with van der Waals surface area (Å²) < 4.78 is 6.35. The molecule has 0 aromatic heterocycles. The van der Waals surface area contributed by atoms with Gasteiger partial charge in [-0.15, -0.1) is 0 Å². The fourth-order valence-electron chi connectivity index (χ4n) is 3.30. The third-order valence-corrected chi connectivity index (χ3v) is 6.11. The van der Waals surface area contributed by atoms with Crippen molar-refractivity contribution in [2.45, 2.75) is 49.9 Å². The maximum atomic E-state index is 5.86. The molecule has 1 saturated carbocycles. The lowest BCUT2D eigenvalue weighted by molar-refractivity contribution is -0.0254. The van der Waals surface area contributed by atoms with Gasteiger partial charge in [-0.1, -0.05) is 26.2 Å². The van der Waals surface area contributed by atoms with E-state index in [9.17, 15) is 0 Å². The fourth-order valence-corrected chi connectivity index (χ4v) is 4.24. The molecule has 2 aliphatic rings. The minimum Gasteiger partial charge on any atom is -0.374 e. The lowest BCUT2D eigenvalue weighted by Crippen LogP contribution is -2.48. The first-order chi connectivity index (χ1) is 9.28. The van der Waals surface area contributed by atoms with Gasteiger partial charge < -0.3 is 10.1 Å². The Morgan fingerprint density at radius 2 is 2.11 bits per heavy atom. The molecule has 19 heavy (non-hydrogen) atoms. The van der Waals surface area contributed by atoms with Gasteiger partial charge in [0.05, 0.1) is 12.7 Å². The van der Waals surface area contributed by atoms with Crippen LogP contribution in [-0.2, 0) is 4.74 Å². The van der Waals surface area contributed by atoms with Gasteiger partial charge >= 0.3 is 0 Å². The van der Waals surface area contributed by atoms with Crippen LogP contribution in [0.5, 0.6) is 0 Å². The second-order valence-electron chi connectivity index (χ2n) is 5.96. The van der Waals surface area contributed by atoms with E-state index in [-0.39, 0.29) is 0 Å². The molecule has 1 saturated heterocycles. The molecular formula is C15H30N2OS. The lowest BCUT2D eigenvalue weighted by atomic mass is 9.88. The summed E-state index contributed by atoms with van der Waals surface area (Å²) in [5.41, 5.74) is 0. The second-order valence-corrected chi connectivity index (χ2v) is 7.24. The highest BCUT2D eigenvalue weighted by molar-refractivity contribution is 8.00. The van der Waals surface area contributed by atoms with Crippen molar-refractivity contribution >= 4 is 11.8 Å². The summed E-state index contributed by atoms with van der Waals surface area (Å²) in [4.78, 5) is 2.49. The number of hydrogen-bond donors (Lipinski definition) is 1. The first-order valence-electron chi connectivity index (χ1n) is 7.88.